The van der Waals surface area contributed by atoms with Crippen LogP contribution in [0.25, 0.3) is 77.1 Å². The molecule has 0 amide bonds. The molecule has 6 nitrogen and oxygen atoms in total. The highest BCUT2D eigenvalue weighted by Crippen LogP contribution is 2.36. The summed E-state index contributed by atoms with van der Waals surface area (Å²) in [4.78, 5) is 29.9. The Balaban J connectivity index is 1.17. The summed E-state index contributed by atoms with van der Waals surface area (Å²) in [6, 6.07) is 43.2. The van der Waals surface area contributed by atoms with Gasteiger partial charge >= 0.3 is 0 Å². The van der Waals surface area contributed by atoms with E-state index in [-0.39, 0.29) is 5.92 Å². The Morgan fingerprint density at radius 1 is 0.429 bits per heavy atom. The number of fused-ring (bicyclic) bond motifs is 3. The SMILES string of the molecule is C1=CCC(c2nc(-c3cccc(-c4nc(-c5ccccc5)nc(-c5ccccc5)n4)c3)nc(-c3ccc4c(c3)sc3ccccc34)n2)C=C1. The van der Waals surface area contributed by atoms with Gasteiger partial charge in [-0.3, -0.25) is 0 Å². The lowest BCUT2D eigenvalue weighted by molar-refractivity contribution is 0.764. The van der Waals surface area contributed by atoms with Crippen LogP contribution in [-0.4, -0.2) is 29.9 Å². The van der Waals surface area contributed by atoms with Gasteiger partial charge in [-0.15, -0.1) is 11.3 Å². The van der Waals surface area contributed by atoms with Crippen LogP contribution in [0.3, 0.4) is 0 Å². The van der Waals surface area contributed by atoms with E-state index in [0.29, 0.717) is 29.1 Å². The molecular formula is C42H28N6S. The second-order valence-electron chi connectivity index (χ2n) is 11.9. The van der Waals surface area contributed by atoms with Crippen molar-refractivity contribution in [1.29, 1.82) is 0 Å². The number of nitrogens with zero attached hydrogens (tertiary/aromatic N) is 6. The van der Waals surface area contributed by atoms with Gasteiger partial charge in [-0.2, -0.15) is 0 Å². The van der Waals surface area contributed by atoms with Crippen LogP contribution in [0, 0.1) is 0 Å². The van der Waals surface area contributed by atoms with Gasteiger partial charge in [0.15, 0.2) is 29.1 Å². The van der Waals surface area contributed by atoms with E-state index in [1.54, 1.807) is 11.3 Å². The Morgan fingerprint density at radius 3 is 1.59 bits per heavy atom. The van der Waals surface area contributed by atoms with Gasteiger partial charge in [0.2, 0.25) is 0 Å². The van der Waals surface area contributed by atoms with Crippen LogP contribution in [0.1, 0.15) is 18.2 Å². The molecule has 0 spiro atoms. The maximum absolute atomic E-state index is 5.08. The lowest BCUT2D eigenvalue weighted by Gasteiger charge is -2.14. The average molecular weight is 649 g/mol. The molecule has 0 bridgehead atoms. The number of hydrogen-bond donors (Lipinski definition) is 0. The van der Waals surface area contributed by atoms with Crippen molar-refractivity contribution in [1.82, 2.24) is 29.9 Å². The average Bonchev–Trinajstić information content (AvgIpc) is 3.57. The number of hydrogen-bond acceptors (Lipinski definition) is 7. The van der Waals surface area contributed by atoms with Crippen molar-refractivity contribution in [2.75, 3.05) is 0 Å². The molecule has 1 atom stereocenters. The normalized spacial score (nSPS) is 14.1. The minimum atomic E-state index is 0.0622. The predicted molar refractivity (Wildman–Crippen MR) is 199 cm³/mol. The number of thiophene rings is 1. The number of benzene rings is 5. The van der Waals surface area contributed by atoms with Crippen LogP contribution in [0.4, 0.5) is 0 Å². The molecule has 8 aromatic rings. The lowest BCUT2D eigenvalue weighted by atomic mass is 10.00. The van der Waals surface area contributed by atoms with Crippen LogP contribution >= 0.6 is 11.3 Å². The van der Waals surface area contributed by atoms with Crippen molar-refractivity contribution >= 4 is 31.5 Å². The third kappa shape index (κ3) is 5.70. The van der Waals surface area contributed by atoms with Crippen molar-refractivity contribution in [3.05, 3.63) is 158 Å². The maximum atomic E-state index is 5.08. The Kier molecular flexibility index (Phi) is 7.37. The summed E-state index contributed by atoms with van der Waals surface area (Å²) in [7, 11) is 0. The first kappa shape index (κ1) is 29.0. The zero-order valence-electron chi connectivity index (χ0n) is 26.3. The molecule has 3 aromatic heterocycles. The Bertz CT molecular complexity index is 2480. The van der Waals surface area contributed by atoms with Crippen LogP contribution in [-0.2, 0) is 0 Å². The third-order valence-electron chi connectivity index (χ3n) is 8.68. The monoisotopic (exact) mass is 648 g/mol. The summed E-state index contributed by atoms with van der Waals surface area (Å²) in [6.07, 6.45) is 9.30. The van der Waals surface area contributed by atoms with Crippen molar-refractivity contribution in [2.45, 2.75) is 12.3 Å². The lowest BCUT2D eigenvalue weighted by Crippen LogP contribution is -2.08. The first-order valence-electron chi connectivity index (χ1n) is 16.2. The van der Waals surface area contributed by atoms with Crippen LogP contribution in [0.2, 0.25) is 0 Å². The van der Waals surface area contributed by atoms with E-state index in [0.717, 1.165) is 40.1 Å². The molecule has 49 heavy (non-hydrogen) atoms. The van der Waals surface area contributed by atoms with E-state index in [1.165, 1.54) is 20.2 Å². The summed E-state index contributed by atoms with van der Waals surface area (Å²) >= 11 is 1.79. The van der Waals surface area contributed by atoms with Gasteiger partial charge in [0.1, 0.15) is 5.82 Å². The molecule has 0 radical (unpaired) electrons. The van der Waals surface area contributed by atoms with E-state index in [1.807, 2.05) is 78.9 Å². The Labute approximate surface area is 287 Å². The molecule has 0 aliphatic heterocycles. The second kappa shape index (κ2) is 12.4. The van der Waals surface area contributed by atoms with E-state index >= 15 is 0 Å². The number of rotatable bonds is 6. The molecule has 0 saturated carbocycles. The van der Waals surface area contributed by atoms with Crippen LogP contribution in [0.15, 0.2) is 152 Å². The van der Waals surface area contributed by atoms with Gasteiger partial charge < -0.3 is 0 Å². The predicted octanol–water partition coefficient (Wildman–Crippen LogP) is 10.4. The second-order valence-corrected chi connectivity index (χ2v) is 13.0. The fraction of sp³-hybridized carbons (Fsp3) is 0.0476. The minimum absolute atomic E-state index is 0.0622. The van der Waals surface area contributed by atoms with E-state index in [2.05, 4.69) is 72.8 Å². The summed E-state index contributed by atoms with van der Waals surface area (Å²) < 4.78 is 2.48. The van der Waals surface area contributed by atoms with Gasteiger partial charge in [0.25, 0.3) is 0 Å². The quantitative estimate of drug-likeness (QED) is 0.179. The number of allylic oxidation sites excluding steroid dienone is 4. The first-order chi connectivity index (χ1) is 24.2. The molecule has 7 heteroatoms. The van der Waals surface area contributed by atoms with Crippen molar-refractivity contribution in [3.8, 4) is 56.9 Å². The summed E-state index contributed by atoms with van der Waals surface area (Å²) in [5.41, 5.74) is 4.54. The van der Waals surface area contributed by atoms with Gasteiger partial charge in [-0.05, 0) is 24.6 Å². The van der Waals surface area contributed by atoms with Crippen LogP contribution in [0.5, 0.6) is 0 Å². The molecule has 5 aromatic carbocycles. The van der Waals surface area contributed by atoms with Crippen molar-refractivity contribution in [3.63, 3.8) is 0 Å². The van der Waals surface area contributed by atoms with Gasteiger partial charge in [0, 0.05) is 53.9 Å². The standard InChI is InChI=1S/C42H28N6S/c1-4-13-27(14-5-1)37-43-38(28-15-6-2-7-16-28)45-40(44-37)30-19-12-20-31(25-30)41-46-39(29-17-8-3-9-18-29)47-42(48-41)32-23-24-34-33-21-10-11-22-35(33)49-36(34)26-32/h1-17,19-26,29H,18H2. The number of aromatic nitrogens is 6. The molecule has 1 aliphatic carbocycles. The zero-order chi connectivity index (χ0) is 32.6. The highest BCUT2D eigenvalue weighted by atomic mass is 32.1. The molecule has 9 rings (SSSR count). The van der Waals surface area contributed by atoms with E-state index in [9.17, 15) is 0 Å². The molecule has 0 N–H and O–H groups in total. The third-order valence-corrected chi connectivity index (χ3v) is 9.81. The topological polar surface area (TPSA) is 77.3 Å². The largest absolute Gasteiger partial charge is 0.212 e. The Hall–Kier alpha value is -6.18. The molecule has 1 aliphatic rings. The zero-order valence-corrected chi connectivity index (χ0v) is 27.1. The fourth-order valence-electron chi connectivity index (χ4n) is 6.19. The van der Waals surface area contributed by atoms with Gasteiger partial charge in [-0.25, -0.2) is 29.9 Å². The highest BCUT2D eigenvalue weighted by molar-refractivity contribution is 7.25. The van der Waals surface area contributed by atoms with Crippen molar-refractivity contribution < 1.29 is 0 Å². The molecular weight excluding hydrogens is 621 g/mol. The molecule has 3 heterocycles. The fourth-order valence-corrected chi connectivity index (χ4v) is 7.33. The maximum Gasteiger partial charge on any atom is 0.164 e. The van der Waals surface area contributed by atoms with Gasteiger partial charge in [0.05, 0.1) is 0 Å². The highest BCUT2D eigenvalue weighted by Gasteiger charge is 2.19. The van der Waals surface area contributed by atoms with Crippen LogP contribution < -0.4 is 0 Å². The van der Waals surface area contributed by atoms with E-state index in [4.69, 9.17) is 29.9 Å². The molecule has 0 saturated heterocycles. The molecule has 0 fully saturated rings. The first-order valence-corrected chi connectivity index (χ1v) is 17.1. The molecule has 1 unspecified atom stereocenters. The molecule has 232 valence electrons. The summed E-state index contributed by atoms with van der Waals surface area (Å²) in [5.74, 6) is 3.90. The smallest absolute Gasteiger partial charge is 0.164 e. The van der Waals surface area contributed by atoms with Crippen molar-refractivity contribution in [2.24, 2.45) is 0 Å². The van der Waals surface area contributed by atoms with Gasteiger partial charge in [-0.1, -0.05) is 133 Å². The minimum Gasteiger partial charge on any atom is -0.212 e. The summed E-state index contributed by atoms with van der Waals surface area (Å²) in [5, 5.41) is 2.51. The summed E-state index contributed by atoms with van der Waals surface area (Å²) in [6.45, 7) is 0. The van der Waals surface area contributed by atoms with E-state index < -0.39 is 0 Å². The Morgan fingerprint density at radius 2 is 0.959 bits per heavy atom.